The number of aromatic nitrogens is 3. The first-order valence-electron chi connectivity index (χ1n) is 9.96. The lowest BCUT2D eigenvalue weighted by atomic mass is 10.1. The fraction of sp³-hybridized carbons (Fsp3) is 0.318. The second-order valence-corrected chi connectivity index (χ2v) is 7.20. The molecule has 1 N–H and O–H groups in total. The number of para-hydroxylation sites is 1. The molecule has 2 aromatic carbocycles. The summed E-state index contributed by atoms with van der Waals surface area (Å²) >= 11 is 0. The third kappa shape index (κ3) is 4.14. The minimum absolute atomic E-state index is 0.00687. The van der Waals surface area contributed by atoms with Crippen LogP contribution in [0, 0.1) is 0 Å². The van der Waals surface area contributed by atoms with Crippen LogP contribution in [0.3, 0.4) is 0 Å². The molecule has 2 heterocycles. The van der Waals surface area contributed by atoms with Crippen molar-refractivity contribution in [2.75, 3.05) is 31.1 Å². The van der Waals surface area contributed by atoms with Crippen molar-refractivity contribution in [1.29, 1.82) is 0 Å². The van der Waals surface area contributed by atoms with Gasteiger partial charge >= 0.3 is 5.97 Å². The second kappa shape index (κ2) is 8.45. The third-order valence-electron chi connectivity index (χ3n) is 5.31. The van der Waals surface area contributed by atoms with Crippen LogP contribution in [-0.4, -0.2) is 57.1 Å². The largest absolute Gasteiger partial charge is 0.476 e. The van der Waals surface area contributed by atoms with Gasteiger partial charge in [0.25, 0.3) is 0 Å². The van der Waals surface area contributed by atoms with Gasteiger partial charge in [-0.05, 0) is 23.6 Å². The normalized spacial score (nSPS) is 14.9. The maximum absolute atomic E-state index is 11.8. The van der Waals surface area contributed by atoms with Gasteiger partial charge in [0.2, 0.25) is 5.69 Å². The highest BCUT2D eigenvalue weighted by Crippen LogP contribution is 2.22. The maximum Gasteiger partial charge on any atom is 0.360 e. The van der Waals surface area contributed by atoms with Gasteiger partial charge in [0.05, 0.1) is 5.69 Å². The molecule has 29 heavy (non-hydrogen) atoms. The highest BCUT2D eigenvalue weighted by molar-refractivity contribution is 5.91. The zero-order valence-corrected chi connectivity index (χ0v) is 16.5. The van der Waals surface area contributed by atoms with E-state index >= 15 is 0 Å². The van der Waals surface area contributed by atoms with Gasteiger partial charge < -0.3 is 10.0 Å². The molecule has 1 fully saturated rings. The molecule has 0 aliphatic carbocycles. The molecule has 0 atom stereocenters. The van der Waals surface area contributed by atoms with E-state index in [1.807, 2.05) is 35.2 Å². The van der Waals surface area contributed by atoms with Crippen LogP contribution in [0.4, 0.5) is 5.82 Å². The molecular formula is C22H25N5O2. The number of carbonyl (C=O) groups is 1. The Morgan fingerprint density at radius 2 is 1.66 bits per heavy atom. The van der Waals surface area contributed by atoms with E-state index in [1.165, 1.54) is 10.4 Å². The smallest absolute Gasteiger partial charge is 0.360 e. The van der Waals surface area contributed by atoms with Gasteiger partial charge in [-0.15, -0.1) is 15.0 Å². The van der Waals surface area contributed by atoms with E-state index in [0.717, 1.165) is 50.4 Å². The Bertz CT molecular complexity index is 978. The number of hydrogen-bond donors (Lipinski definition) is 1. The van der Waals surface area contributed by atoms with Crippen molar-refractivity contribution >= 4 is 11.8 Å². The molecule has 150 valence electrons. The second-order valence-electron chi connectivity index (χ2n) is 7.20. The van der Waals surface area contributed by atoms with Crippen molar-refractivity contribution in [3.05, 3.63) is 71.4 Å². The van der Waals surface area contributed by atoms with Gasteiger partial charge in [0.1, 0.15) is 0 Å². The molecule has 1 saturated heterocycles. The van der Waals surface area contributed by atoms with Crippen LogP contribution >= 0.6 is 0 Å². The average Bonchev–Trinajstić information content (AvgIpc) is 3.21. The van der Waals surface area contributed by atoms with Crippen molar-refractivity contribution in [2.24, 2.45) is 0 Å². The van der Waals surface area contributed by atoms with E-state index < -0.39 is 5.97 Å². The predicted octanol–water partition coefficient (Wildman–Crippen LogP) is 2.85. The summed E-state index contributed by atoms with van der Waals surface area (Å²) in [4.78, 5) is 17.7. The van der Waals surface area contributed by atoms with E-state index in [4.69, 9.17) is 0 Å². The highest BCUT2D eigenvalue weighted by Gasteiger charge is 2.27. The molecule has 1 aromatic heterocycles. The number of aromatic carboxylic acids is 1. The molecule has 1 aliphatic heterocycles. The molecule has 0 saturated carbocycles. The van der Waals surface area contributed by atoms with Crippen LogP contribution in [0.25, 0.3) is 5.69 Å². The van der Waals surface area contributed by atoms with Crippen LogP contribution in [-0.2, 0) is 13.0 Å². The molecule has 4 rings (SSSR count). The fourth-order valence-electron chi connectivity index (χ4n) is 3.72. The van der Waals surface area contributed by atoms with E-state index in [1.54, 1.807) is 0 Å². The first-order valence-corrected chi connectivity index (χ1v) is 9.96. The van der Waals surface area contributed by atoms with Crippen LogP contribution in [0.2, 0.25) is 0 Å². The molecule has 0 spiro atoms. The van der Waals surface area contributed by atoms with Crippen molar-refractivity contribution in [3.63, 3.8) is 0 Å². The monoisotopic (exact) mass is 391 g/mol. The van der Waals surface area contributed by atoms with Crippen LogP contribution in [0.15, 0.2) is 54.6 Å². The standard InChI is InChI=1S/C22H25N5O2/c1-2-18-10-6-7-11-19(18)27-23-20(22(28)29)21(24-27)26-14-12-25(13-15-26)16-17-8-4-3-5-9-17/h3-11H,2,12-16H2,1H3,(H,28,29). The van der Waals surface area contributed by atoms with Crippen LogP contribution in [0.1, 0.15) is 28.5 Å². The number of benzene rings is 2. The molecule has 1 aliphatic rings. The predicted molar refractivity (Wildman–Crippen MR) is 112 cm³/mol. The third-order valence-corrected chi connectivity index (χ3v) is 5.31. The molecule has 7 nitrogen and oxygen atoms in total. The van der Waals surface area contributed by atoms with E-state index in [2.05, 4.69) is 46.3 Å². The molecule has 3 aromatic rings. The number of hydrogen-bond acceptors (Lipinski definition) is 5. The zero-order chi connectivity index (χ0) is 20.2. The summed E-state index contributed by atoms with van der Waals surface area (Å²) in [6.07, 6.45) is 0.827. The van der Waals surface area contributed by atoms with Crippen molar-refractivity contribution < 1.29 is 9.90 Å². The van der Waals surface area contributed by atoms with Crippen molar-refractivity contribution in [1.82, 2.24) is 19.9 Å². The minimum Gasteiger partial charge on any atom is -0.476 e. The Hall–Kier alpha value is -3.19. The number of carboxylic acids is 1. The molecule has 0 unspecified atom stereocenters. The summed E-state index contributed by atoms with van der Waals surface area (Å²) in [7, 11) is 0. The lowest BCUT2D eigenvalue weighted by Gasteiger charge is -2.34. The summed E-state index contributed by atoms with van der Waals surface area (Å²) in [5.74, 6) is -0.602. The molecular weight excluding hydrogens is 366 g/mol. The number of anilines is 1. The van der Waals surface area contributed by atoms with Crippen molar-refractivity contribution in [2.45, 2.75) is 19.9 Å². The summed E-state index contributed by atoms with van der Waals surface area (Å²) in [5, 5.41) is 18.6. The SMILES string of the molecule is CCc1ccccc1-n1nc(C(=O)O)c(N2CCN(Cc3ccccc3)CC2)n1. The maximum atomic E-state index is 11.8. The summed E-state index contributed by atoms with van der Waals surface area (Å²) in [6.45, 7) is 6.12. The summed E-state index contributed by atoms with van der Waals surface area (Å²) in [5.41, 5.74) is 3.20. The van der Waals surface area contributed by atoms with Gasteiger partial charge in [0, 0.05) is 32.7 Å². The molecule has 7 heteroatoms. The van der Waals surface area contributed by atoms with Crippen molar-refractivity contribution in [3.8, 4) is 5.69 Å². The van der Waals surface area contributed by atoms with Crippen LogP contribution in [0.5, 0.6) is 0 Å². The molecule has 0 bridgehead atoms. The highest BCUT2D eigenvalue weighted by atomic mass is 16.4. The lowest BCUT2D eigenvalue weighted by Crippen LogP contribution is -2.46. The minimum atomic E-state index is -1.05. The average molecular weight is 391 g/mol. The van der Waals surface area contributed by atoms with Gasteiger partial charge in [-0.3, -0.25) is 4.90 Å². The van der Waals surface area contributed by atoms with E-state index in [0.29, 0.717) is 5.82 Å². The number of piperazine rings is 1. The fourth-order valence-corrected chi connectivity index (χ4v) is 3.72. The Kier molecular flexibility index (Phi) is 5.57. The summed E-state index contributed by atoms with van der Waals surface area (Å²) in [6, 6.07) is 18.2. The Morgan fingerprint density at radius 1 is 0.966 bits per heavy atom. The van der Waals surface area contributed by atoms with Gasteiger partial charge in [-0.2, -0.15) is 0 Å². The van der Waals surface area contributed by atoms with Gasteiger partial charge in [-0.25, -0.2) is 4.79 Å². The van der Waals surface area contributed by atoms with Gasteiger partial charge in [0.15, 0.2) is 5.82 Å². The quantitative estimate of drug-likeness (QED) is 0.697. The Morgan fingerprint density at radius 3 is 2.34 bits per heavy atom. The van der Waals surface area contributed by atoms with Gasteiger partial charge in [-0.1, -0.05) is 55.5 Å². The first-order chi connectivity index (χ1) is 14.2. The van der Waals surface area contributed by atoms with E-state index in [9.17, 15) is 9.90 Å². The van der Waals surface area contributed by atoms with E-state index in [-0.39, 0.29) is 5.69 Å². The summed E-state index contributed by atoms with van der Waals surface area (Å²) < 4.78 is 0. The number of aryl methyl sites for hydroxylation is 1. The molecule has 0 amide bonds. The molecule has 0 radical (unpaired) electrons. The first kappa shape index (κ1) is 19.1. The lowest BCUT2D eigenvalue weighted by molar-refractivity contribution is 0.0690. The zero-order valence-electron chi connectivity index (χ0n) is 16.5. The Balaban J connectivity index is 1.53. The Labute approximate surface area is 170 Å². The number of nitrogens with zero attached hydrogens (tertiary/aromatic N) is 5. The number of rotatable bonds is 6. The number of carboxylic acid groups (broad SMARTS) is 1. The topological polar surface area (TPSA) is 74.5 Å². The van der Waals surface area contributed by atoms with Crippen LogP contribution < -0.4 is 4.90 Å².